The molecule has 1 heterocycles. The van der Waals surface area contributed by atoms with Crippen molar-refractivity contribution in [2.45, 2.75) is 65.3 Å². The quantitative estimate of drug-likeness (QED) is 0.481. The molecule has 3 nitrogen and oxygen atoms in total. The van der Waals surface area contributed by atoms with Gasteiger partial charge in [-0.05, 0) is 18.8 Å². The fourth-order valence-electron chi connectivity index (χ4n) is 2.05. The number of nitrogens with zero attached hydrogens (tertiary/aromatic N) is 3. The molecule has 1 aromatic heterocycles. The maximum Gasteiger partial charge on any atom is 3.00 e. The maximum absolute atomic E-state index is 3.99. The van der Waals surface area contributed by atoms with Gasteiger partial charge in [-0.15, -0.1) is 5.10 Å². The molecule has 0 aromatic carbocycles. The summed E-state index contributed by atoms with van der Waals surface area (Å²) < 4.78 is 1.89. The molecule has 0 atom stereocenters. The second kappa shape index (κ2) is 15.6. The molecule has 0 saturated carbocycles. The van der Waals surface area contributed by atoms with Gasteiger partial charge in [0.1, 0.15) is 0 Å². The van der Waals surface area contributed by atoms with Crippen LogP contribution in [0, 0.1) is 27.7 Å². The van der Waals surface area contributed by atoms with E-state index in [9.17, 15) is 0 Å². The summed E-state index contributed by atoms with van der Waals surface area (Å²) in [6.07, 6.45) is 11.0. The summed E-state index contributed by atoms with van der Waals surface area (Å²) in [5.41, 5.74) is 1.22. The molecule has 0 aliphatic rings. The van der Waals surface area contributed by atoms with Gasteiger partial charge in [0, 0.05) is 0 Å². The fraction of sp³-hybridized carbons (Fsp3) is 0.688. The Morgan fingerprint density at radius 1 is 1.10 bits per heavy atom. The molecule has 0 unspecified atom stereocenters. The van der Waals surface area contributed by atoms with E-state index in [1.807, 2.05) is 10.9 Å². The van der Waals surface area contributed by atoms with Crippen LogP contribution in [0.15, 0.2) is 6.20 Å². The first-order chi connectivity index (χ1) is 8.24. The normalized spacial score (nSPS) is 9.60. The third-order valence-electron chi connectivity index (χ3n) is 3.12. The van der Waals surface area contributed by atoms with Gasteiger partial charge in [0.15, 0.2) is 0 Å². The molecule has 0 bridgehead atoms. The van der Waals surface area contributed by atoms with Crippen LogP contribution >= 0.6 is 0 Å². The van der Waals surface area contributed by atoms with Crippen molar-refractivity contribution in [3.05, 3.63) is 33.7 Å². The van der Waals surface area contributed by atoms with Gasteiger partial charge in [-0.1, -0.05) is 57.7 Å². The van der Waals surface area contributed by atoms with Crippen LogP contribution in [-0.4, -0.2) is 15.0 Å². The molecule has 0 saturated heterocycles. The number of aryl methyl sites for hydroxylation is 1. The second-order valence-corrected chi connectivity index (χ2v) is 5.15. The number of hydrogen-bond donors (Lipinski definition) is 0. The molecule has 4 heteroatoms. The van der Waals surface area contributed by atoms with E-state index < -0.39 is 0 Å². The summed E-state index contributed by atoms with van der Waals surface area (Å²) in [6, 6.07) is 0. The first-order valence-electron chi connectivity index (χ1n) is 6.90. The number of unbranched alkanes of at least 4 members (excludes halogenated alkanes) is 4. The predicted molar refractivity (Wildman–Crippen MR) is 84.5 cm³/mol. The smallest absolute Gasteiger partial charge is 0.358 e. The van der Waals surface area contributed by atoms with Crippen LogP contribution in [0.2, 0.25) is 0 Å². The van der Waals surface area contributed by atoms with Gasteiger partial charge in [-0.25, -0.2) is 0 Å². The zero-order chi connectivity index (χ0) is 12.5. The van der Waals surface area contributed by atoms with E-state index in [-0.39, 0.29) is 47.6 Å². The molecule has 0 spiro atoms. The monoisotopic (exact) mass is 355 g/mol. The van der Waals surface area contributed by atoms with Gasteiger partial charge in [-0.3, -0.25) is 4.68 Å². The molecule has 0 fully saturated rings. The van der Waals surface area contributed by atoms with Crippen molar-refractivity contribution in [3.63, 3.8) is 0 Å². The van der Waals surface area contributed by atoms with Gasteiger partial charge in [0.05, 0.1) is 11.9 Å². The summed E-state index contributed by atoms with van der Waals surface area (Å²) in [5, 5.41) is 7.90. The SMILES string of the molecule is [CH2-]Cn1nncc1CCCCCCCC(C)C.[CH3-].[CH3-].[Y+3]. The molecule has 114 valence electrons. The average molecular weight is 355 g/mol. The van der Waals surface area contributed by atoms with E-state index in [2.05, 4.69) is 31.1 Å². The molecule has 1 rings (SSSR count). The van der Waals surface area contributed by atoms with Crippen LogP contribution in [0.4, 0.5) is 0 Å². The first-order valence-corrected chi connectivity index (χ1v) is 6.90. The number of rotatable bonds is 9. The molecule has 0 radical (unpaired) electrons. The van der Waals surface area contributed by atoms with Crippen LogP contribution in [-0.2, 0) is 45.7 Å². The summed E-state index contributed by atoms with van der Waals surface area (Å²) in [6.45, 7) is 9.12. The molecular formula is C16H32N3Y. The summed E-state index contributed by atoms with van der Waals surface area (Å²) in [7, 11) is 0. The molecule has 0 amide bonds. The zero-order valence-corrected chi connectivity index (χ0v) is 16.8. The predicted octanol–water partition coefficient (Wildman–Crippen LogP) is 4.55. The van der Waals surface area contributed by atoms with E-state index in [1.165, 1.54) is 44.2 Å². The molecule has 20 heavy (non-hydrogen) atoms. The third-order valence-corrected chi connectivity index (χ3v) is 3.12. The van der Waals surface area contributed by atoms with E-state index in [0.717, 1.165) is 12.3 Å². The van der Waals surface area contributed by atoms with Crippen LogP contribution < -0.4 is 0 Å². The van der Waals surface area contributed by atoms with Gasteiger partial charge < -0.3 is 21.8 Å². The van der Waals surface area contributed by atoms with Crippen LogP contribution in [0.5, 0.6) is 0 Å². The van der Waals surface area contributed by atoms with Crippen LogP contribution in [0.1, 0.15) is 58.1 Å². The average Bonchev–Trinajstić information content (AvgIpc) is 2.74. The summed E-state index contributed by atoms with van der Waals surface area (Å²) in [4.78, 5) is 0. The van der Waals surface area contributed by atoms with Crippen molar-refractivity contribution in [1.29, 1.82) is 0 Å². The van der Waals surface area contributed by atoms with Gasteiger partial charge in [0.25, 0.3) is 0 Å². The second-order valence-electron chi connectivity index (χ2n) is 5.15. The van der Waals surface area contributed by atoms with Crippen LogP contribution in [0.25, 0.3) is 0 Å². The van der Waals surface area contributed by atoms with E-state index in [4.69, 9.17) is 0 Å². The first kappa shape index (κ1) is 25.2. The Labute approximate surface area is 152 Å². The molecule has 0 aliphatic heterocycles. The topological polar surface area (TPSA) is 30.7 Å². The molecular weight excluding hydrogens is 323 g/mol. The van der Waals surface area contributed by atoms with Crippen molar-refractivity contribution in [2.75, 3.05) is 0 Å². The third kappa shape index (κ3) is 11.0. The summed E-state index contributed by atoms with van der Waals surface area (Å²) >= 11 is 0. The van der Waals surface area contributed by atoms with Crippen molar-refractivity contribution >= 4 is 0 Å². The largest absolute Gasteiger partial charge is 3.00 e. The Hall–Kier alpha value is 0.244. The van der Waals surface area contributed by atoms with Gasteiger partial charge in [0.2, 0.25) is 0 Å². The van der Waals surface area contributed by atoms with Crippen molar-refractivity contribution in [1.82, 2.24) is 15.0 Å². The van der Waals surface area contributed by atoms with E-state index >= 15 is 0 Å². The minimum Gasteiger partial charge on any atom is -0.358 e. The fourth-order valence-corrected chi connectivity index (χ4v) is 2.05. The Kier molecular flexibility index (Phi) is 19.7. The Bertz CT molecular complexity index is 298. The molecule has 0 aliphatic carbocycles. The van der Waals surface area contributed by atoms with E-state index in [0.29, 0.717) is 6.54 Å². The Morgan fingerprint density at radius 2 is 1.70 bits per heavy atom. The van der Waals surface area contributed by atoms with Gasteiger partial charge >= 0.3 is 32.7 Å². The maximum atomic E-state index is 3.99. The van der Waals surface area contributed by atoms with E-state index in [1.54, 1.807) is 0 Å². The Balaban J connectivity index is -0.000000963. The van der Waals surface area contributed by atoms with Crippen molar-refractivity contribution < 1.29 is 32.7 Å². The summed E-state index contributed by atoms with van der Waals surface area (Å²) in [5.74, 6) is 0.854. The number of hydrogen-bond acceptors (Lipinski definition) is 2. The minimum atomic E-state index is 0. The molecule has 1 aromatic rings. The van der Waals surface area contributed by atoms with Crippen molar-refractivity contribution in [3.8, 4) is 0 Å². The zero-order valence-electron chi connectivity index (χ0n) is 13.9. The Morgan fingerprint density at radius 3 is 2.30 bits per heavy atom. The standard InChI is InChI=1S/C14H26N3.2CH3.Y/c1-4-17-14(12-15-16-17)11-9-7-5-6-8-10-13(2)3;;;/h12-13H,1,4-11H2,2-3H3;2*1H3;/q3*-1;+3. The van der Waals surface area contributed by atoms with Crippen molar-refractivity contribution in [2.24, 2.45) is 5.92 Å². The minimum absolute atomic E-state index is 0. The van der Waals surface area contributed by atoms with Crippen LogP contribution in [0.3, 0.4) is 0 Å². The molecule has 0 N–H and O–H groups in total. The number of aromatic nitrogens is 3. The van der Waals surface area contributed by atoms with Gasteiger partial charge in [-0.2, -0.15) is 0 Å².